The van der Waals surface area contributed by atoms with Crippen LogP contribution < -0.4 is 10.1 Å². The quantitative estimate of drug-likeness (QED) is 0.494. The van der Waals surface area contributed by atoms with E-state index in [0.29, 0.717) is 40.1 Å². The molecule has 136 valence electrons. The van der Waals surface area contributed by atoms with Crippen molar-refractivity contribution in [2.45, 2.75) is 32.7 Å². The Morgan fingerprint density at radius 3 is 2.96 bits per heavy atom. The van der Waals surface area contributed by atoms with E-state index >= 15 is 0 Å². The van der Waals surface area contributed by atoms with E-state index in [1.807, 2.05) is 0 Å². The van der Waals surface area contributed by atoms with Gasteiger partial charge in [-0.25, -0.2) is 0 Å². The topological polar surface area (TPSA) is 71.9 Å². The number of nitrogens with one attached hydrogen (secondary N) is 2. The van der Waals surface area contributed by atoms with Crippen LogP contribution in [0.3, 0.4) is 0 Å². The number of H-pyrrole nitrogens is 1. The van der Waals surface area contributed by atoms with Crippen LogP contribution in [-0.4, -0.2) is 33.8 Å². The Hall–Kier alpha value is -1.57. The lowest BCUT2D eigenvalue weighted by Crippen LogP contribution is -2.29. The second-order valence-electron chi connectivity index (χ2n) is 5.41. The van der Waals surface area contributed by atoms with Crippen LogP contribution in [0.4, 0.5) is 0 Å². The molecule has 0 spiro atoms. The molecular weight excluding hydrogens is 383 g/mol. The van der Waals surface area contributed by atoms with Crippen LogP contribution in [0.1, 0.15) is 25.6 Å². The number of carbonyl (C=O) groups is 1. The van der Waals surface area contributed by atoms with Gasteiger partial charge < -0.3 is 10.1 Å². The zero-order valence-corrected chi connectivity index (χ0v) is 16.2. The van der Waals surface area contributed by atoms with Crippen LogP contribution in [-0.2, 0) is 17.8 Å². The lowest BCUT2D eigenvalue weighted by Gasteiger charge is -2.10. The maximum absolute atomic E-state index is 12.0. The summed E-state index contributed by atoms with van der Waals surface area (Å²) in [5, 5.41) is 10.7. The zero-order chi connectivity index (χ0) is 18.2. The molecule has 0 aliphatic heterocycles. The molecule has 0 saturated heterocycles. The van der Waals surface area contributed by atoms with Crippen LogP contribution in [0.15, 0.2) is 18.2 Å². The van der Waals surface area contributed by atoms with Gasteiger partial charge in [0.05, 0.1) is 11.6 Å². The number of aromatic nitrogens is 3. The van der Waals surface area contributed by atoms with Gasteiger partial charge in [0.1, 0.15) is 18.1 Å². The fourth-order valence-corrected chi connectivity index (χ4v) is 2.88. The maximum atomic E-state index is 12.0. The van der Waals surface area contributed by atoms with Crippen LogP contribution in [0.25, 0.3) is 0 Å². The first-order valence-electron chi connectivity index (χ1n) is 8.00. The van der Waals surface area contributed by atoms with E-state index in [1.54, 1.807) is 22.8 Å². The summed E-state index contributed by atoms with van der Waals surface area (Å²) in [6.07, 6.45) is 2.37. The standard InChI is InChI=1S/C16H20Cl2N4O2S/c1-2-4-14-20-21-16(25)22(14)10-15(23)19-7-3-8-24-13-6-5-11(17)9-12(13)18/h5-6,9H,2-4,7-8,10H2,1H3,(H,19,23)(H,21,25). The smallest absolute Gasteiger partial charge is 0.240 e. The van der Waals surface area contributed by atoms with Crippen molar-refractivity contribution >= 4 is 41.3 Å². The number of rotatable bonds is 9. The molecule has 0 radical (unpaired) electrons. The summed E-state index contributed by atoms with van der Waals surface area (Å²) in [7, 11) is 0. The number of benzene rings is 1. The molecule has 1 heterocycles. The van der Waals surface area contributed by atoms with Crippen molar-refractivity contribution in [3.8, 4) is 5.75 Å². The van der Waals surface area contributed by atoms with E-state index in [0.717, 1.165) is 18.7 Å². The van der Waals surface area contributed by atoms with Crippen molar-refractivity contribution in [1.82, 2.24) is 20.1 Å². The number of nitrogens with zero attached hydrogens (tertiary/aromatic N) is 2. The summed E-state index contributed by atoms with van der Waals surface area (Å²) in [6, 6.07) is 5.06. The Bertz CT molecular complexity index is 776. The number of aromatic amines is 1. The largest absolute Gasteiger partial charge is 0.492 e. The number of aryl methyl sites for hydroxylation is 1. The van der Waals surface area contributed by atoms with Crippen LogP contribution in [0.5, 0.6) is 5.75 Å². The first-order valence-corrected chi connectivity index (χ1v) is 9.16. The van der Waals surface area contributed by atoms with E-state index < -0.39 is 0 Å². The van der Waals surface area contributed by atoms with Crippen LogP contribution in [0.2, 0.25) is 10.0 Å². The van der Waals surface area contributed by atoms with Crippen molar-refractivity contribution in [3.63, 3.8) is 0 Å². The monoisotopic (exact) mass is 402 g/mol. The van der Waals surface area contributed by atoms with Crippen molar-refractivity contribution in [2.24, 2.45) is 0 Å². The zero-order valence-electron chi connectivity index (χ0n) is 13.8. The second-order valence-corrected chi connectivity index (χ2v) is 6.64. The lowest BCUT2D eigenvalue weighted by atomic mass is 10.3. The Morgan fingerprint density at radius 1 is 1.44 bits per heavy atom. The summed E-state index contributed by atoms with van der Waals surface area (Å²) in [4.78, 5) is 12.0. The molecule has 2 rings (SSSR count). The third kappa shape index (κ3) is 6.02. The fourth-order valence-electron chi connectivity index (χ4n) is 2.20. The van der Waals surface area contributed by atoms with Gasteiger partial charge in [-0.2, -0.15) is 5.10 Å². The highest BCUT2D eigenvalue weighted by molar-refractivity contribution is 7.71. The SMILES string of the molecule is CCCc1n[nH]c(=S)n1CC(=O)NCCCOc1ccc(Cl)cc1Cl. The molecule has 0 unspecified atom stereocenters. The summed E-state index contributed by atoms with van der Waals surface area (Å²) in [6.45, 7) is 3.15. The minimum absolute atomic E-state index is 0.112. The summed E-state index contributed by atoms with van der Waals surface area (Å²) >= 11 is 17.0. The first kappa shape index (κ1) is 19.8. The van der Waals surface area contributed by atoms with Gasteiger partial charge in [0, 0.05) is 18.0 Å². The summed E-state index contributed by atoms with van der Waals surface area (Å²) in [5.74, 6) is 1.26. The van der Waals surface area contributed by atoms with Gasteiger partial charge in [-0.15, -0.1) is 0 Å². The average molecular weight is 403 g/mol. The molecular formula is C16H20Cl2N4O2S. The molecule has 1 aromatic carbocycles. The maximum Gasteiger partial charge on any atom is 0.240 e. The number of carbonyl (C=O) groups excluding carboxylic acids is 1. The molecule has 2 N–H and O–H groups in total. The molecule has 0 aliphatic carbocycles. The van der Waals surface area contributed by atoms with E-state index in [2.05, 4.69) is 22.4 Å². The normalized spacial score (nSPS) is 10.7. The number of hydrogen-bond acceptors (Lipinski definition) is 4. The highest BCUT2D eigenvalue weighted by Gasteiger charge is 2.09. The molecule has 0 fully saturated rings. The number of halogens is 2. The van der Waals surface area contributed by atoms with Crippen molar-refractivity contribution < 1.29 is 9.53 Å². The van der Waals surface area contributed by atoms with Crippen LogP contribution >= 0.6 is 35.4 Å². The molecule has 9 heteroatoms. The Labute approximate surface area is 161 Å². The summed E-state index contributed by atoms with van der Waals surface area (Å²) < 4.78 is 7.75. The van der Waals surface area contributed by atoms with Gasteiger partial charge in [0.25, 0.3) is 0 Å². The minimum atomic E-state index is -0.112. The molecule has 0 bridgehead atoms. The molecule has 0 aliphatic rings. The number of hydrogen-bond donors (Lipinski definition) is 2. The Kier molecular flexibility index (Phi) is 7.74. The summed E-state index contributed by atoms with van der Waals surface area (Å²) in [5.41, 5.74) is 0. The minimum Gasteiger partial charge on any atom is -0.492 e. The van der Waals surface area contributed by atoms with E-state index in [4.69, 9.17) is 40.2 Å². The average Bonchev–Trinajstić information content (AvgIpc) is 2.90. The molecule has 0 atom stereocenters. The predicted octanol–water partition coefficient (Wildman–Crippen LogP) is 3.79. The van der Waals surface area contributed by atoms with E-state index in [-0.39, 0.29) is 12.5 Å². The molecule has 1 amide bonds. The molecule has 1 aromatic heterocycles. The highest BCUT2D eigenvalue weighted by Crippen LogP contribution is 2.27. The molecule has 2 aromatic rings. The third-order valence-corrected chi connectivity index (χ3v) is 4.25. The lowest BCUT2D eigenvalue weighted by molar-refractivity contribution is -0.121. The third-order valence-electron chi connectivity index (χ3n) is 3.41. The Morgan fingerprint density at radius 2 is 2.24 bits per heavy atom. The van der Waals surface area contributed by atoms with Crippen molar-refractivity contribution in [1.29, 1.82) is 0 Å². The van der Waals surface area contributed by atoms with E-state index in [1.165, 1.54) is 0 Å². The number of ether oxygens (including phenoxy) is 1. The van der Waals surface area contributed by atoms with Gasteiger partial charge in [0.2, 0.25) is 5.91 Å². The van der Waals surface area contributed by atoms with Crippen molar-refractivity contribution in [3.05, 3.63) is 38.8 Å². The predicted molar refractivity (Wildman–Crippen MR) is 101 cm³/mol. The van der Waals surface area contributed by atoms with Crippen LogP contribution in [0, 0.1) is 4.77 Å². The van der Waals surface area contributed by atoms with Gasteiger partial charge in [-0.1, -0.05) is 30.1 Å². The van der Waals surface area contributed by atoms with Gasteiger partial charge in [-0.3, -0.25) is 14.5 Å². The Balaban J connectivity index is 1.72. The molecule has 25 heavy (non-hydrogen) atoms. The van der Waals surface area contributed by atoms with Crippen molar-refractivity contribution in [2.75, 3.05) is 13.2 Å². The molecule has 0 saturated carbocycles. The second kappa shape index (κ2) is 9.79. The van der Waals surface area contributed by atoms with E-state index in [9.17, 15) is 4.79 Å². The number of amides is 1. The van der Waals surface area contributed by atoms with Gasteiger partial charge in [-0.05, 0) is 43.3 Å². The fraction of sp³-hybridized carbons (Fsp3) is 0.438. The van der Waals surface area contributed by atoms with Gasteiger partial charge >= 0.3 is 0 Å². The first-order chi connectivity index (χ1) is 12.0. The molecule has 6 nitrogen and oxygen atoms in total. The highest BCUT2D eigenvalue weighted by atomic mass is 35.5. The van der Waals surface area contributed by atoms with Gasteiger partial charge in [0.15, 0.2) is 4.77 Å².